The highest BCUT2D eigenvalue weighted by molar-refractivity contribution is 5.81. The first-order valence-corrected chi connectivity index (χ1v) is 9.59. The first-order chi connectivity index (χ1) is 13.6. The molecule has 0 unspecified atom stereocenters. The highest BCUT2D eigenvalue weighted by Crippen LogP contribution is 2.26. The molecule has 0 radical (unpaired) electrons. The van der Waals surface area contributed by atoms with E-state index in [2.05, 4.69) is 28.2 Å². The molecule has 0 aliphatic carbocycles. The maximum atomic E-state index is 12.8. The van der Waals surface area contributed by atoms with Crippen molar-refractivity contribution in [3.63, 3.8) is 0 Å². The smallest absolute Gasteiger partial charge is 0.255 e. The number of nitrogens with one attached hydrogen (secondary N) is 1. The number of aryl methyl sites for hydroxylation is 1. The van der Waals surface area contributed by atoms with E-state index >= 15 is 0 Å². The lowest BCUT2D eigenvalue weighted by atomic mass is 10.1. The van der Waals surface area contributed by atoms with Crippen molar-refractivity contribution in [2.75, 3.05) is 24.5 Å². The topological polar surface area (TPSA) is 62.8 Å². The molecule has 0 bridgehead atoms. The number of benzene rings is 1. The van der Waals surface area contributed by atoms with Crippen LogP contribution < -0.4 is 15.8 Å². The summed E-state index contributed by atoms with van der Waals surface area (Å²) in [6.07, 6.45) is 1.95. The van der Waals surface area contributed by atoms with Gasteiger partial charge in [-0.1, -0.05) is 6.07 Å². The molecule has 4 aromatic rings. The minimum Gasteiger partial charge on any atom is -0.441 e. The van der Waals surface area contributed by atoms with Crippen LogP contribution in [-0.2, 0) is 0 Å². The van der Waals surface area contributed by atoms with Gasteiger partial charge in [-0.25, -0.2) is 4.98 Å². The Morgan fingerprint density at radius 1 is 1.14 bits per heavy atom. The Bertz CT molecular complexity index is 1240. The van der Waals surface area contributed by atoms with Gasteiger partial charge in [-0.15, -0.1) is 0 Å². The molecule has 1 aliphatic rings. The van der Waals surface area contributed by atoms with Gasteiger partial charge in [0.15, 0.2) is 11.5 Å². The van der Waals surface area contributed by atoms with Crippen LogP contribution >= 0.6 is 0 Å². The minimum absolute atomic E-state index is 0.0358. The maximum absolute atomic E-state index is 12.8. The van der Waals surface area contributed by atoms with Gasteiger partial charge in [-0.3, -0.25) is 9.20 Å². The second-order valence-electron chi connectivity index (χ2n) is 7.48. The van der Waals surface area contributed by atoms with Gasteiger partial charge in [-0.05, 0) is 48.4 Å². The summed E-state index contributed by atoms with van der Waals surface area (Å²) in [5.74, 6) is 0.639. The van der Waals surface area contributed by atoms with Crippen molar-refractivity contribution in [2.24, 2.45) is 0 Å². The van der Waals surface area contributed by atoms with Crippen LogP contribution in [0.5, 0.6) is 0 Å². The zero-order valence-corrected chi connectivity index (χ0v) is 16.0. The molecular formula is C22H22N4O2. The average Bonchev–Trinajstić information content (AvgIpc) is 3.07. The molecule has 3 aromatic heterocycles. The fourth-order valence-corrected chi connectivity index (χ4v) is 3.95. The number of rotatable bonds is 2. The first kappa shape index (κ1) is 17.0. The lowest BCUT2D eigenvalue weighted by molar-refractivity contribution is 0.484. The van der Waals surface area contributed by atoms with E-state index in [4.69, 9.17) is 4.42 Å². The Morgan fingerprint density at radius 2 is 2.04 bits per heavy atom. The van der Waals surface area contributed by atoms with Crippen molar-refractivity contribution >= 4 is 22.3 Å². The maximum Gasteiger partial charge on any atom is 0.255 e. The number of aromatic nitrogens is 2. The summed E-state index contributed by atoms with van der Waals surface area (Å²) in [6.45, 7) is 6.85. The van der Waals surface area contributed by atoms with Crippen LogP contribution in [0.3, 0.4) is 0 Å². The Morgan fingerprint density at radius 3 is 2.89 bits per heavy atom. The zero-order chi connectivity index (χ0) is 19.3. The van der Waals surface area contributed by atoms with E-state index in [1.54, 1.807) is 10.5 Å². The Hall–Kier alpha value is -3.12. The summed E-state index contributed by atoms with van der Waals surface area (Å²) in [4.78, 5) is 19.5. The number of anilines is 1. The molecule has 0 saturated carbocycles. The molecular weight excluding hydrogens is 352 g/mol. The summed E-state index contributed by atoms with van der Waals surface area (Å²) in [5, 5.41) is 3.45. The monoisotopic (exact) mass is 374 g/mol. The lowest BCUT2D eigenvalue weighted by Crippen LogP contribution is -2.49. The van der Waals surface area contributed by atoms with Gasteiger partial charge in [0.05, 0.1) is 5.69 Å². The third kappa shape index (κ3) is 2.96. The number of pyridine rings is 2. The molecule has 0 spiro atoms. The molecule has 142 valence electrons. The van der Waals surface area contributed by atoms with E-state index in [1.165, 1.54) is 0 Å². The summed E-state index contributed by atoms with van der Waals surface area (Å²) in [5.41, 5.74) is 5.31. The van der Waals surface area contributed by atoms with Gasteiger partial charge < -0.3 is 14.6 Å². The van der Waals surface area contributed by atoms with Gasteiger partial charge in [-0.2, -0.15) is 0 Å². The summed E-state index contributed by atoms with van der Waals surface area (Å²) in [6, 6.07) is 14.1. The molecule has 1 saturated heterocycles. The van der Waals surface area contributed by atoms with Crippen molar-refractivity contribution in [2.45, 2.75) is 19.9 Å². The fraction of sp³-hybridized carbons (Fsp3) is 0.273. The van der Waals surface area contributed by atoms with E-state index < -0.39 is 0 Å². The van der Waals surface area contributed by atoms with Crippen LogP contribution in [-0.4, -0.2) is 35.1 Å². The fourth-order valence-electron chi connectivity index (χ4n) is 3.95. The average molecular weight is 374 g/mol. The molecule has 1 fully saturated rings. The third-order valence-corrected chi connectivity index (χ3v) is 5.35. The molecule has 0 amide bonds. The summed E-state index contributed by atoms with van der Waals surface area (Å²) in [7, 11) is 0. The van der Waals surface area contributed by atoms with Crippen molar-refractivity contribution in [1.29, 1.82) is 0 Å². The number of fused-ring (bicyclic) bond motifs is 2. The largest absolute Gasteiger partial charge is 0.441 e. The van der Waals surface area contributed by atoms with Gasteiger partial charge in [0.25, 0.3) is 5.56 Å². The Balaban J connectivity index is 1.56. The first-order valence-electron chi connectivity index (χ1n) is 9.59. The zero-order valence-electron chi connectivity index (χ0n) is 16.0. The van der Waals surface area contributed by atoms with Gasteiger partial charge in [0.1, 0.15) is 5.52 Å². The van der Waals surface area contributed by atoms with Crippen LogP contribution in [0, 0.1) is 6.92 Å². The lowest BCUT2D eigenvalue weighted by Gasteiger charge is -2.33. The van der Waals surface area contributed by atoms with Crippen LogP contribution in [0.15, 0.2) is 57.9 Å². The normalized spacial score (nSPS) is 17.5. The summed E-state index contributed by atoms with van der Waals surface area (Å²) >= 11 is 0. The third-order valence-electron chi connectivity index (χ3n) is 5.35. The quantitative estimate of drug-likeness (QED) is 0.584. The minimum atomic E-state index is -0.0358. The van der Waals surface area contributed by atoms with Crippen LogP contribution in [0.1, 0.15) is 12.8 Å². The van der Waals surface area contributed by atoms with Crippen LogP contribution in [0.2, 0.25) is 0 Å². The molecule has 1 aliphatic heterocycles. The standard InChI is InChI=1S/C22H22N4O2/c1-14-12-25(8-7-23-14)19-5-4-18-9-17(11-22(27)26(18)13-19)16-3-6-20-21(10-16)28-15(2)24-20/h3-6,9-11,13-14,23H,7-8,12H2,1-2H3/t14-/m0/s1. The number of oxazole rings is 1. The van der Waals surface area contributed by atoms with E-state index in [0.717, 1.165) is 53.1 Å². The second-order valence-corrected chi connectivity index (χ2v) is 7.48. The van der Waals surface area contributed by atoms with Gasteiger partial charge in [0, 0.05) is 50.4 Å². The number of piperazine rings is 1. The SMILES string of the molecule is Cc1nc2ccc(-c3cc(=O)n4cc(N5CCN[C@@H](C)C5)ccc4c3)cc2o1. The Kier molecular flexibility index (Phi) is 3.94. The van der Waals surface area contributed by atoms with Crippen molar-refractivity contribution in [3.05, 3.63) is 64.9 Å². The highest BCUT2D eigenvalue weighted by Gasteiger charge is 2.16. The highest BCUT2D eigenvalue weighted by atomic mass is 16.3. The molecule has 6 heteroatoms. The Labute approximate surface area is 162 Å². The van der Waals surface area contributed by atoms with Crippen molar-refractivity contribution < 1.29 is 4.42 Å². The molecule has 1 aromatic carbocycles. The molecule has 1 atom stereocenters. The molecule has 5 rings (SSSR count). The summed E-state index contributed by atoms with van der Waals surface area (Å²) < 4.78 is 7.36. The van der Waals surface area contributed by atoms with E-state index in [0.29, 0.717) is 11.9 Å². The number of nitrogens with zero attached hydrogens (tertiary/aromatic N) is 3. The molecule has 4 heterocycles. The van der Waals surface area contributed by atoms with E-state index in [9.17, 15) is 4.79 Å². The van der Waals surface area contributed by atoms with E-state index in [1.807, 2.05) is 43.5 Å². The van der Waals surface area contributed by atoms with Gasteiger partial charge >= 0.3 is 0 Å². The van der Waals surface area contributed by atoms with Crippen molar-refractivity contribution in [3.8, 4) is 11.1 Å². The number of hydrogen-bond acceptors (Lipinski definition) is 5. The van der Waals surface area contributed by atoms with E-state index in [-0.39, 0.29) is 5.56 Å². The predicted molar refractivity (Wildman–Crippen MR) is 111 cm³/mol. The van der Waals surface area contributed by atoms with Crippen LogP contribution in [0.25, 0.3) is 27.7 Å². The molecule has 28 heavy (non-hydrogen) atoms. The van der Waals surface area contributed by atoms with Crippen LogP contribution in [0.4, 0.5) is 5.69 Å². The van der Waals surface area contributed by atoms with Crippen molar-refractivity contribution in [1.82, 2.24) is 14.7 Å². The molecule has 1 N–H and O–H groups in total. The number of hydrogen-bond donors (Lipinski definition) is 1. The predicted octanol–water partition coefficient (Wildman–Crippen LogP) is 3.21. The second kappa shape index (κ2) is 6.49. The molecule has 6 nitrogen and oxygen atoms in total. The van der Waals surface area contributed by atoms with Gasteiger partial charge in [0.2, 0.25) is 0 Å².